The molecule has 0 N–H and O–H groups in total. The molecule has 6 nitrogen and oxygen atoms in total. The van der Waals surface area contributed by atoms with E-state index in [-0.39, 0.29) is 23.9 Å². The fraction of sp³-hybridized carbons (Fsp3) is 0.522. The third-order valence-electron chi connectivity index (χ3n) is 5.86. The fourth-order valence-corrected chi connectivity index (χ4v) is 4.19. The van der Waals surface area contributed by atoms with E-state index in [1.807, 2.05) is 24.3 Å². The van der Waals surface area contributed by atoms with Crippen LogP contribution in [0.5, 0.6) is 11.6 Å². The van der Waals surface area contributed by atoms with Gasteiger partial charge in [0.15, 0.2) is 5.82 Å². The second-order valence-corrected chi connectivity index (χ2v) is 8.72. The zero-order valence-corrected chi connectivity index (χ0v) is 18.3. The van der Waals surface area contributed by atoms with Crippen molar-refractivity contribution in [1.82, 2.24) is 9.97 Å². The van der Waals surface area contributed by atoms with Crippen LogP contribution in [0.4, 0.5) is 5.82 Å². The molecule has 1 aliphatic heterocycles. The van der Waals surface area contributed by atoms with Crippen molar-refractivity contribution in [2.75, 3.05) is 18.0 Å². The summed E-state index contributed by atoms with van der Waals surface area (Å²) in [6.45, 7) is 5.23. The van der Waals surface area contributed by atoms with E-state index in [9.17, 15) is 4.79 Å². The van der Waals surface area contributed by atoms with Crippen LogP contribution in [0.25, 0.3) is 0 Å². The molecule has 1 aromatic carbocycles. The monoisotopic (exact) mass is 429 g/mol. The van der Waals surface area contributed by atoms with Crippen molar-refractivity contribution in [2.45, 2.75) is 64.1 Å². The molecule has 4 rings (SSSR count). The predicted molar refractivity (Wildman–Crippen MR) is 117 cm³/mol. The van der Waals surface area contributed by atoms with Gasteiger partial charge in [-0.2, -0.15) is 0 Å². The predicted octanol–water partition coefficient (Wildman–Crippen LogP) is 4.80. The van der Waals surface area contributed by atoms with Crippen molar-refractivity contribution in [1.29, 1.82) is 0 Å². The number of halogens is 1. The molecule has 0 unspecified atom stereocenters. The molecule has 2 aromatic rings. The number of rotatable bonds is 8. The van der Waals surface area contributed by atoms with Gasteiger partial charge in [-0.1, -0.05) is 30.7 Å². The van der Waals surface area contributed by atoms with Crippen molar-refractivity contribution in [3.8, 4) is 11.6 Å². The van der Waals surface area contributed by atoms with Crippen LogP contribution in [0.3, 0.4) is 0 Å². The number of hydrogen-bond donors (Lipinski definition) is 0. The van der Waals surface area contributed by atoms with Gasteiger partial charge in [-0.3, -0.25) is 0 Å². The largest absolute Gasteiger partial charge is 0.489 e. The van der Waals surface area contributed by atoms with Gasteiger partial charge in [0.25, 0.3) is 0 Å². The normalized spacial score (nSPS) is 20.0. The number of ether oxygens (including phenoxy) is 2. The summed E-state index contributed by atoms with van der Waals surface area (Å²) in [4.78, 5) is 22.1. The summed E-state index contributed by atoms with van der Waals surface area (Å²) in [6, 6.07) is 8.05. The first-order valence-electron chi connectivity index (χ1n) is 10.7. The Kier molecular flexibility index (Phi) is 6.42. The van der Waals surface area contributed by atoms with Crippen LogP contribution in [0.1, 0.15) is 57.4 Å². The zero-order valence-electron chi connectivity index (χ0n) is 17.5. The standard InChI is InChI=1S/C23H28ClN3O3/c1-15(12-16(2)28)17-6-8-19(9-7-17)29-20-10-11-27(13-20)22-21(24)23(26-14-25-22)30-18-4-3-5-18/h6-9,14-15,18,20H,3-5,10-13H2,1-2H3/t15-,20-/m1/s1. The van der Waals surface area contributed by atoms with E-state index in [2.05, 4.69) is 21.8 Å². The van der Waals surface area contributed by atoms with Gasteiger partial charge >= 0.3 is 0 Å². The van der Waals surface area contributed by atoms with Crippen molar-refractivity contribution in [3.63, 3.8) is 0 Å². The van der Waals surface area contributed by atoms with Crippen molar-refractivity contribution < 1.29 is 14.3 Å². The molecule has 2 heterocycles. The Labute approximate surface area is 182 Å². The molecule has 1 aromatic heterocycles. The van der Waals surface area contributed by atoms with Crippen LogP contribution in [0.15, 0.2) is 30.6 Å². The Bertz CT molecular complexity index is 886. The highest BCUT2D eigenvalue weighted by Gasteiger charge is 2.29. The van der Waals surface area contributed by atoms with Crippen molar-refractivity contribution in [2.24, 2.45) is 0 Å². The fourth-order valence-electron chi connectivity index (χ4n) is 3.93. The molecule has 160 valence electrons. The van der Waals surface area contributed by atoms with Crippen molar-refractivity contribution in [3.05, 3.63) is 41.2 Å². The Balaban J connectivity index is 1.35. The minimum Gasteiger partial charge on any atom is -0.489 e. The minimum atomic E-state index is 0.0625. The zero-order chi connectivity index (χ0) is 21.1. The summed E-state index contributed by atoms with van der Waals surface area (Å²) in [5.74, 6) is 2.45. The van der Waals surface area contributed by atoms with Gasteiger partial charge in [0.05, 0.1) is 6.54 Å². The van der Waals surface area contributed by atoms with Gasteiger partial charge in [0.1, 0.15) is 35.1 Å². The number of nitrogens with zero attached hydrogens (tertiary/aromatic N) is 3. The number of carbonyl (C=O) groups excluding carboxylic acids is 1. The lowest BCUT2D eigenvalue weighted by Gasteiger charge is -2.27. The third kappa shape index (κ3) is 4.86. The summed E-state index contributed by atoms with van der Waals surface area (Å²) in [7, 11) is 0. The number of benzene rings is 1. The van der Waals surface area contributed by atoms with Gasteiger partial charge < -0.3 is 19.2 Å². The first-order chi connectivity index (χ1) is 14.5. The highest BCUT2D eigenvalue weighted by Crippen LogP contribution is 2.35. The van der Waals surface area contributed by atoms with Gasteiger partial charge in [-0.05, 0) is 49.8 Å². The smallest absolute Gasteiger partial charge is 0.238 e. The molecule has 1 saturated heterocycles. The molecule has 0 spiro atoms. The maximum Gasteiger partial charge on any atom is 0.238 e. The summed E-state index contributed by atoms with van der Waals surface area (Å²) in [5, 5.41) is 0.480. The number of hydrogen-bond acceptors (Lipinski definition) is 6. The molecule has 2 atom stereocenters. The average molecular weight is 430 g/mol. The van der Waals surface area contributed by atoms with Crippen LogP contribution >= 0.6 is 11.6 Å². The Hall–Kier alpha value is -2.34. The Morgan fingerprint density at radius 1 is 1.17 bits per heavy atom. The molecule has 2 fully saturated rings. The first-order valence-corrected chi connectivity index (χ1v) is 11.1. The maximum absolute atomic E-state index is 11.3. The van der Waals surface area contributed by atoms with E-state index in [4.69, 9.17) is 21.1 Å². The lowest BCUT2D eigenvalue weighted by Crippen LogP contribution is -2.27. The van der Waals surface area contributed by atoms with E-state index < -0.39 is 0 Å². The van der Waals surface area contributed by atoms with E-state index in [0.29, 0.717) is 29.7 Å². The van der Waals surface area contributed by atoms with Crippen LogP contribution in [0.2, 0.25) is 5.02 Å². The lowest BCUT2D eigenvalue weighted by atomic mass is 9.96. The topological polar surface area (TPSA) is 64.5 Å². The number of Topliss-reactive ketones (excluding diaryl/α,β-unsaturated/α-hetero) is 1. The van der Waals surface area contributed by atoms with Gasteiger partial charge in [-0.15, -0.1) is 0 Å². The summed E-state index contributed by atoms with van der Waals surface area (Å²) in [5.41, 5.74) is 1.15. The molecule has 0 amide bonds. The first kappa shape index (κ1) is 20.9. The molecular weight excluding hydrogens is 402 g/mol. The third-order valence-corrected chi connectivity index (χ3v) is 6.19. The molecular formula is C23H28ClN3O3. The number of anilines is 1. The number of ketones is 1. The van der Waals surface area contributed by atoms with Gasteiger partial charge in [0, 0.05) is 19.4 Å². The second-order valence-electron chi connectivity index (χ2n) is 8.34. The Morgan fingerprint density at radius 2 is 1.93 bits per heavy atom. The second kappa shape index (κ2) is 9.21. The van der Waals surface area contributed by atoms with Crippen LogP contribution < -0.4 is 14.4 Å². The minimum absolute atomic E-state index is 0.0625. The highest BCUT2D eigenvalue weighted by atomic mass is 35.5. The average Bonchev–Trinajstić information content (AvgIpc) is 3.14. The lowest BCUT2D eigenvalue weighted by molar-refractivity contribution is -0.117. The Morgan fingerprint density at radius 3 is 2.60 bits per heavy atom. The van der Waals surface area contributed by atoms with E-state index in [1.54, 1.807) is 6.92 Å². The van der Waals surface area contributed by atoms with E-state index in [1.165, 1.54) is 12.7 Å². The summed E-state index contributed by atoms with van der Waals surface area (Å²) < 4.78 is 12.1. The maximum atomic E-state index is 11.3. The number of aromatic nitrogens is 2. The summed E-state index contributed by atoms with van der Waals surface area (Å²) >= 11 is 6.55. The molecule has 2 aliphatic rings. The van der Waals surface area contributed by atoms with Gasteiger partial charge in [0.2, 0.25) is 5.88 Å². The van der Waals surface area contributed by atoms with E-state index >= 15 is 0 Å². The quantitative estimate of drug-likeness (QED) is 0.600. The van der Waals surface area contributed by atoms with Crippen molar-refractivity contribution >= 4 is 23.2 Å². The van der Waals surface area contributed by atoms with Crippen LogP contribution in [0, 0.1) is 0 Å². The molecule has 30 heavy (non-hydrogen) atoms. The van der Waals surface area contributed by atoms with Crippen LogP contribution in [-0.2, 0) is 4.79 Å². The molecule has 0 radical (unpaired) electrons. The summed E-state index contributed by atoms with van der Waals surface area (Å²) in [6.07, 6.45) is 6.56. The molecule has 7 heteroatoms. The van der Waals surface area contributed by atoms with Crippen LogP contribution in [-0.4, -0.2) is 41.0 Å². The SMILES string of the molecule is CC(=O)C[C@@H](C)c1ccc(O[C@@H]2CCN(c3ncnc(OC4CCC4)c3Cl)C2)cc1. The molecule has 1 saturated carbocycles. The van der Waals surface area contributed by atoms with Gasteiger partial charge in [-0.25, -0.2) is 9.97 Å². The van der Waals surface area contributed by atoms with E-state index in [0.717, 1.165) is 37.1 Å². The molecule has 0 bridgehead atoms. The molecule has 1 aliphatic carbocycles. The number of carbonyl (C=O) groups is 1. The highest BCUT2D eigenvalue weighted by molar-refractivity contribution is 6.34.